The van der Waals surface area contributed by atoms with Gasteiger partial charge < -0.3 is 36.2 Å². The van der Waals surface area contributed by atoms with Crippen molar-refractivity contribution in [3.05, 3.63) is 77.4 Å². The molecule has 16 heteroatoms. The standard InChI is InChI=1S/C35H35N5O11/c41-26(18-40-33(48)21-11-7-10-20-25(39-14-5-2-6-15-39)13-12-22(29(20)21)34(40)49)38-30(19-8-3-1-4-9-19)32(47)36-23(16-27(42)43)31(46)37-24(35(50)51)17-28(44)45/h1,3-4,7-13,23-24,30H,2,5-6,14-18H2,(H,36,47)(H,37,46)(H,38,41)(H,42,43)(H,44,45)(H,50,51)/t23-,24-,30-/m0/s1. The number of piperidine rings is 1. The summed E-state index contributed by atoms with van der Waals surface area (Å²) in [7, 11) is 0. The molecule has 16 nitrogen and oxygen atoms in total. The molecule has 1 saturated heterocycles. The number of rotatable bonds is 14. The molecule has 0 saturated carbocycles. The first-order chi connectivity index (χ1) is 24.3. The molecule has 0 unspecified atom stereocenters. The normalized spacial score (nSPS) is 15.8. The molecule has 1 fully saturated rings. The van der Waals surface area contributed by atoms with Crippen molar-refractivity contribution >= 4 is 63.9 Å². The molecule has 2 aliphatic rings. The monoisotopic (exact) mass is 701 g/mol. The van der Waals surface area contributed by atoms with E-state index in [0.717, 1.165) is 48.3 Å². The summed E-state index contributed by atoms with van der Waals surface area (Å²) >= 11 is 0. The maximum atomic E-state index is 13.7. The van der Waals surface area contributed by atoms with E-state index in [0.29, 0.717) is 5.39 Å². The van der Waals surface area contributed by atoms with Crippen LogP contribution in [0.5, 0.6) is 0 Å². The number of nitrogens with one attached hydrogen (secondary N) is 3. The number of carbonyl (C=O) groups is 8. The van der Waals surface area contributed by atoms with E-state index in [2.05, 4.69) is 15.5 Å². The lowest BCUT2D eigenvalue weighted by atomic mass is 9.92. The number of hydrogen-bond acceptors (Lipinski definition) is 9. The molecule has 2 heterocycles. The maximum Gasteiger partial charge on any atom is 0.326 e. The van der Waals surface area contributed by atoms with Crippen LogP contribution < -0.4 is 20.9 Å². The van der Waals surface area contributed by atoms with Gasteiger partial charge in [0.25, 0.3) is 11.8 Å². The third-order valence-corrected chi connectivity index (χ3v) is 8.67. The highest BCUT2D eigenvalue weighted by molar-refractivity contribution is 6.27. The average Bonchev–Trinajstić information content (AvgIpc) is 3.10. The number of anilines is 1. The van der Waals surface area contributed by atoms with E-state index in [-0.39, 0.29) is 16.7 Å². The zero-order valence-corrected chi connectivity index (χ0v) is 27.2. The van der Waals surface area contributed by atoms with Crippen LogP contribution in [0.2, 0.25) is 0 Å². The summed E-state index contributed by atoms with van der Waals surface area (Å²) in [6, 6.07) is 10.8. The molecule has 3 aromatic carbocycles. The lowest BCUT2D eigenvalue weighted by molar-refractivity contribution is -0.148. The van der Waals surface area contributed by atoms with E-state index >= 15 is 0 Å². The molecule has 0 radical (unpaired) electrons. The minimum atomic E-state index is -1.93. The highest BCUT2D eigenvalue weighted by atomic mass is 16.4. The topological polar surface area (TPSA) is 240 Å². The van der Waals surface area contributed by atoms with Crippen LogP contribution in [0.4, 0.5) is 5.69 Å². The van der Waals surface area contributed by atoms with Gasteiger partial charge in [-0.1, -0.05) is 42.5 Å². The van der Waals surface area contributed by atoms with Gasteiger partial charge in [-0.25, -0.2) is 4.79 Å². The number of aliphatic carboxylic acids is 3. The number of carbonyl (C=O) groups excluding carboxylic acids is 5. The van der Waals surface area contributed by atoms with Crippen LogP contribution in [0.3, 0.4) is 0 Å². The zero-order chi connectivity index (χ0) is 36.8. The minimum absolute atomic E-state index is 0.184. The fraction of sp³-hybridized carbons (Fsp3) is 0.314. The number of benzene rings is 3. The number of carboxylic acid groups (broad SMARTS) is 3. The largest absolute Gasteiger partial charge is 0.481 e. The maximum absolute atomic E-state index is 13.7. The summed E-state index contributed by atoms with van der Waals surface area (Å²) in [6.07, 6.45) is 1.13. The van der Waals surface area contributed by atoms with Crippen LogP contribution in [0, 0.1) is 0 Å². The number of hydrogen-bond donors (Lipinski definition) is 6. The first-order valence-corrected chi connectivity index (χ1v) is 16.1. The molecule has 266 valence electrons. The first kappa shape index (κ1) is 36.0. The van der Waals surface area contributed by atoms with E-state index < -0.39 is 85.0 Å². The van der Waals surface area contributed by atoms with Crippen molar-refractivity contribution in [1.82, 2.24) is 20.9 Å². The molecule has 0 bridgehead atoms. The Labute approximate surface area is 290 Å². The molecule has 5 rings (SSSR count). The van der Waals surface area contributed by atoms with E-state index in [1.54, 1.807) is 36.4 Å². The molecule has 2 aliphatic heterocycles. The molecule has 0 aliphatic carbocycles. The van der Waals surface area contributed by atoms with Crippen LogP contribution in [0.25, 0.3) is 10.8 Å². The van der Waals surface area contributed by atoms with Crippen LogP contribution in [-0.4, -0.2) is 99.4 Å². The van der Waals surface area contributed by atoms with Gasteiger partial charge in [-0.2, -0.15) is 0 Å². The van der Waals surface area contributed by atoms with Crippen molar-refractivity contribution in [2.75, 3.05) is 24.5 Å². The zero-order valence-electron chi connectivity index (χ0n) is 27.2. The Morgan fingerprint density at radius 3 is 1.90 bits per heavy atom. The highest BCUT2D eigenvalue weighted by Crippen LogP contribution is 2.37. The summed E-state index contributed by atoms with van der Waals surface area (Å²) < 4.78 is 0. The van der Waals surface area contributed by atoms with Crippen LogP contribution in [-0.2, 0) is 28.8 Å². The quantitative estimate of drug-likeness (QED) is 0.130. The predicted octanol–water partition coefficient (Wildman–Crippen LogP) is 1.29. The first-order valence-electron chi connectivity index (χ1n) is 16.1. The van der Waals surface area contributed by atoms with Gasteiger partial charge in [0.2, 0.25) is 17.7 Å². The Hall–Kier alpha value is -6.32. The molecule has 51 heavy (non-hydrogen) atoms. The molecule has 5 amide bonds. The van der Waals surface area contributed by atoms with Gasteiger partial charge in [0.1, 0.15) is 24.7 Å². The Morgan fingerprint density at radius 1 is 0.667 bits per heavy atom. The van der Waals surface area contributed by atoms with E-state index in [9.17, 15) is 48.6 Å². The fourth-order valence-corrected chi connectivity index (χ4v) is 6.27. The van der Waals surface area contributed by atoms with Crippen molar-refractivity contribution in [1.29, 1.82) is 0 Å². The third-order valence-electron chi connectivity index (χ3n) is 8.67. The Bertz CT molecular complexity index is 1890. The molecule has 6 N–H and O–H groups in total. The van der Waals surface area contributed by atoms with Crippen molar-refractivity contribution in [2.24, 2.45) is 0 Å². The Balaban J connectivity index is 1.36. The van der Waals surface area contributed by atoms with Gasteiger partial charge in [-0.3, -0.25) is 38.5 Å². The summed E-state index contributed by atoms with van der Waals surface area (Å²) in [5.74, 6) is -9.55. The molecular weight excluding hydrogens is 666 g/mol. The van der Waals surface area contributed by atoms with E-state index in [4.69, 9.17) is 5.11 Å². The number of nitrogens with zero attached hydrogens (tertiary/aromatic N) is 2. The Morgan fingerprint density at radius 2 is 1.27 bits per heavy atom. The smallest absolute Gasteiger partial charge is 0.326 e. The summed E-state index contributed by atoms with van der Waals surface area (Å²) in [6.45, 7) is 0.906. The van der Waals surface area contributed by atoms with Crippen molar-refractivity contribution in [2.45, 2.75) is 50.2 Å². The number of imide groups is 1. The predicted molar refractivity (Wildman–Crippen MR) is 179 cm³/mol. The number of amides is 5. The second-order valence-corrected chi connectivity index (χ2v) is 12.2. The lowest BCUT2D eigenvalue weighted by Crippen LogP contribution is -2.55. The molecule has 3 atom stereocenters. The van der Waals surface area contributed by atoms with Crippen LogP contribution in [0.1, 0.15) is 64.4 Å². The molecule has 3 aromatic rings. The highest BCUT2D eigenvalue weighted by Gasteiger charge is 2.37. The lowest BCUT2D eigenvalue weighted by Gasteiger charge is -2.32. The third kappa shape index (κ3) is 8.12. The average molecular weight is 702 g/mol. The summed E-state index contributed by atoms with van der Waals surface area (Å²) in [5.41, 5.74) is 1.56. The SMILES string of the molecule is O=C(O)C[C@H](NC(=O)[C@H](CC(=O)O)NC(=O)[C@@H](NC(=O)CN1C(=O)c2cccc3c(N4CCCCC4)ccc(c23)C1=O)c1ccccc1)C(=O)O. The molecular formula is C35H35N5O11. The van der Waals surface area contributed by atoms with Crippen molar-refractivity contribution in [3.8, 4) is 0 Å². The van der Waals surface area contributed by atoms with Gasteiger partial charge >= 0.3 is 17.9 Å². The number of carboxylic acids is 3. The summed E-state index contributed by atoms with van der Waals surface area (Å²) in [5, 5.41) is 35.5. The van der Waals surface area contributed by atoms with Crippen molar-refractivity contribution < 1.29 is 53.7 Å². The Kier molecular flexibility index (Phi) is 10.9. The second-order valence-electron chi connectivity index (χ2n) is 12.2. The van der Waals surface area contributed by atoms with E-state index in [1.165, 1.54) is 12.1 Å². The minimum Gasteiger partial charge on any atom is -0.481 e. The second kappa shape index (κ2) is 15.5. The molecule has 0 spiro atoms. The molecule has 0 aromatic heterocycles. The summed E-state index contributed by atoms with van der Waals surface area (Å²) in [4.78, 5) is 104. The van der Waals surface area contributed by atoms with Gasteiger partial charge in [0, 0.05) is 40.7 Å². The van der Waals surface area contributed by atoms with Gasteiger partial charge in [0.15, 0.2) is 0 Å². The van der Waals surface area contributed by atoms with E-state index in [1.807, 2.05) is 17.4 Å². The van der Waals surface area contributed by atoms with Crippen LogP contribution >= 0.6 is 0 Å². The van der Waals surface area contributed by atoms with Gasteiger partial charge in [-0.05, 0) is 43.0 Å². The van der Waals surface area contributed by atoms with Gasteiger partial charge in [0.05, 0.1) is 12.8 Å². The van der Waals surface area contributed by atoms with Crippen LogP contribution in [0.15, 0.2) is 60.7 Å². The fourth-order valence-electron chi connectivity index (χ4n) is 6.27. The van der Waals surface area contributed by atoms with Gasteiger partial charge in [-0.15, -0.1) is 0 Å². The van der Waals surface area contributed by atoms with Crippen molar-refractivity contribution in [3.63, 3.8) is 0 Å².